The molecule has 0 spiro atoms. The van der Waals surface area contributed by atoms with Crippen LogP contribution in [0.1, 0.15) is 58.3 Å². The van der Waals surface area contributed by atoms with E-state index in [1.807, 2.05) is 45.0 Å². The Kier molecular flexibility index (Phi) is 5.56. The van der Waals surface area contributed by atoms with Crippen LogP contribution in [0, 0.1) is 0 Å². The van der Waals surface area contributed by atoms with Gasteiger partial charge >= 0.3 is 6.09 Å². The average molecular weight is 377 g/mol. The first kappa shape index (κ1) is 18.8. The monoisotopic (exact) mass is 376 g/mol. The minimum atomic E-state index is -0.475. The van der Waals surface area contributed by atoms with Gasteiger partial charge in [-0.3, -0.25) is 0 Å². The number of oxazole rings is 1. The average Bonchev–Trinajstić information content (AvgIpc) is 3.04. The van der Waals surface area contributed by atoms with Crippen LogP contribution >= 0.6 is 11.6 Å². The van der Waals surface area contributed by atoms with Crippen molar-refractivity contribution < 1.29 is 13.9 Å². The van der Waals surface area contributed by atoms with E-state index in [-0.39, 0.29) is 18.1 Å². The van der Waals surface area contributed by atoms with Crippen LogP contribution in [0.4, 0.5) is 4.79 Å². The Morgan fingerprint density at radius 2 is 1.85 bits per heavy atom. The van der Waals surface area contributed by atoms with Gasteiger partial charge in [0.1, 0.15) is 17.6 Å². The molecule has 26 heavy (non-hydrogen) atoms. The van der Waals surface area contributed by atoms with Gasteiger partial charge in [-0.05, 0) is 58.6 Å². The van der Waals surface area contributed by atoms with E-state index < -0.39 is 5.60 Å². The van der Waals surface area contributed by atoms with Crippen molar-refractivity contribution in [2.75, 3.05) is 0 Å². The first-order chi connectivity index (χ1) is 12.3. The Labute approximate surface area is 159 Å². The number of rotatable bonds is 3. The number of carbonyl (C=O) groups is 1. The van der Waals surface area contributed by atoms with Gasteiger partial charge in [0.15, 0.2) is 5.89 Å². The molecule has 0 atom stereocenters. The van der Waals surface area contributed by atoms with Crippen molar-refractivity contribution in [3.63, 3.8) is 0 Å². The highest BCUT2D eigenvalue weighted by Gasteiger charge is 2.28. The maximum absolute atomic E-state index is 11.9. The van der Waals surface area contributed by atoms with Crippen LogP contribution in [0.25, 0.3) is 11.3 Å². The van der Waals surface area contributed by atoms with Crippen LogP contribution < -0.4 is 5.32 Å². The topological polar surface area (TPSA) is 64.4 Å². The van der Waals surface area contributed by atoms with E-state index >= 15 is 0 Å². The SMILES string of the molecule is CC(C)(C)OC(=O)NC1CCC(c2nc(-c3ccc(Cl)cc3)co2)CC1. The number of hydrogen-bond donors (Lipinski definition) is 1. The van der Waals surface area contributed by atoms with Crippen LogP contribution in [0.2, 0.25) is 5.02 Å². The smallest absolute Gasteiger partial charge is 0.407 e. The van der Waals surface area contributed by atoms with E-state index in [0.29, 0.717) is 5.02 Å². The second-order valence-electron chi connectivity index (χ2n) is 7.77. The molecule has 0 radical (unpaired) electrons. The molecule has 1 fully saturated rings. The highest BCUT2D eigenvalue weighted by atomic mass is 35.5. The molecule has 1 aromatic heterocycles. The predicted molar refractivity (Wildman–Crippen MR) is 101 cm³/mol. The molecule has 6 heteroatoms. The summed E-state index contributed by atoms with van der Waals surface area (Å²) < 4.78 is 11.0. The summed E-state index contributed by atoms with van der Waals surface area (Å²) in [6.45, 7) is 5.60. The lowest BCUT2D eigenvalue weighted by molar-refractivity contribution is 0.0490. The lowest BCUT2D eigenvalue weighted by Crippen LogP contribution is -2.40. The molecule has 1 amide bonds. The number of nitrogens with one attached hydrogen (secondary N) is 1. The zero-order chi connectivity index (χ0) is 18.7. The van der Waals surface area contributed by atoms with E-state index in [1.165, 1.54) is 0 Å². The molecule has 1 saturated carbocycles. The molecule has 0 unspecified atom stereocenters. The van der Waals surface area contributed by atoms with Crippen LogP contribution in [0.15, 0.2) is 34.9 Å². The molecule has 1 aliphatic carbocycles. The number of halogens is 1. The Bertz CT molecular complexity index is 741. The van der Waals surface area contributed by atoms with E-state index in [0.717, 1.165) is 42.8 Å². The van der Waals surface area contributed by atoms with E-state index in [4.69, 9.17) is 20.8 Å². The molecule has 1 N–H and O–H groups in total. The van der Waals surface area contributed by atoms with Crippen molar-refractivity contribution in [2.45, 2.75) is 64.0 Å². The van der Waals surface area contributed by atoms with Crippen molar-refractivity contribution in [3.05, 3.63) is 41.4 Å². The van der Waals surface area contributed by atoms with Gasteiger partial charge in [-0.1, -0.05) is 23.7 Å². The second-order valence-corrected chi connectivity index (χ2v) is 8.21. The fourth-order valence-electron chi connectivity index (χ4n) is 3.19. The number of carbonyl (C=O) groups excluding carboxylic acids is 1. The fourth-order valence-corrected chi connectivity index (χ4v) is 3.31. The first-order valence-electron chi connectivity index (χ1n) is 9.01. The Morgan fingerprint density at radius 3 is 2.46 bits per heavy atom. The number of aromatic nitrogens is 1. The van der Waals surface area contributed by atoms with Gasteiger partial charge in [0.25, 0.3) is 0 Å². The van der Waals surface area contributed by atoms with Gasteiger partial charge in [-0.15, -0.1) is 0 Å². The normalized spacial score (nSPS) is 20.6. The van der Waals surface area contributed by atoms with Crippen molar-refractivity contribution >= 4 is 17.7 Å². The summed E-state index contributed by atoms with van der Waals surface area (Å²) in [5.41, 5.74) is 1.34. The Balaban J connectivity index is 1.54. The molecule has 140 valence electrons. The summed E-state index contributed by atoms with van der Waals surface area (Å²) >= 11 is 5.93. The number of benzene rings is 1. The lowest BCUT2D eigenvalue weighted by atomic mass is 9.86. The molecular weight excluding hydrogens is 352 g/mol. The molecule has 0 saturated heterocycles. The highest BCUT2D eigenvalue weighted by Crippen LogP contribution is 2.34. The third-order valence-corrected chi connectivity index (χ3v) is 4.71. The van der Waals surface area contributed by atoms with Crippen LogP contribution in [-0.2, 0) is 4.74 Å². The highest BCUT2D eigenvalue weighted by molar-refractivity contribution is 6.30. The number of hydrogen-bond acceptors (Lipinski definition) is 4. The summed E-state index contributed by atoms with van der Waals surface area (Å²) in [7, 11) is 0. The summed E-state index contributed by atoms with van der Waals surface area (Å²) in [5.74, 6) is 1.05. The first-order valence-corrected chi connectivity index (χ1v) is 9.39. The maximum atomic E-state index is 11.9. The van der Waals surface area contributed by atoms with Gasteiger partial charge in [-0.25, -0.2) is 9.78 Å². The van der Waals surface area contributed by atoms with Gasteiger partial charge in [0.05, 0.1) is 0 Å². The maximum Gasteiger partial charge on any atom is 0.407 e. The summed E-state index contributed by atoms with van der Waals surface area (Å²) in [5, 5.41) is 3.66. The molecule has 2 aromatic rings. The number of ether oxygens (including phenoxy) is 1. The third-order valence-electron chi connectivity index (χ3n) is 4.46. The van der Waals surface area contributed by atoms with Gasteiger partial charge in [0.2, 0.25) is 0 Å². The third kappa shape index (κ3) is 5.01. The molecule has 0 bridgehead atoms. The second kappa shape index (κ2) is 7.70. The van der Waals surface area contributed by atoms with Crippen LogP contribution in [0.5, 0.6) is 0 Å². The molecule has 0 aliphatic heterocycles. The number of alkyl carbamates (subject to hydrolysis) is 1. The van der Waals surface area contributed by atoms with Crippen molar-refractivity contribution in [1.29, 1.82) is 0 Å². The minimum Gasteiger partial charge on any atom is -0.448 e. The van der Waals surface area contributed by atoms with E-state index in [2.05, 4.69) is 10.3 Å². The lowest BCUT2D eigenvalue weighted by Gasteiger charge is -2.28. The van der Waals surface area contributed by atoms with Crippen molar-refractivity contribution in [1.82, 2.24) is 10.3 Å². The molecule has 1 aliphatic rings. The van der Waals surface area contributed by atoms with Crippen molar-refractivity contribution in [2.24, 2.45) is 0 Å². The Hall–Kier alpha value is -2.01. The zero-order valence-electron chi connectivity index (χ0n) is 15.4. The minimum absolute atomic E-state index is 0.145. The standard InChI is InChI=1S/C20H25ClN2O3/c1-20(2,3)26-19(24)22-16-10-6-14(7-11-16)18-23-17(12-25-18)13-4-8-15(21)9-5-13/h4-5,8-9,12,14,16H,6-7,10-11H2,1-3H3,(H,22,24). The largest absolute Gasteiger partial charge is 0.448 e. The molecule has 5 nitrogen and oxygen atoms in total. The predicted octanol–water partition coefficient (Wildman–Crippen LogP) is 5.55. The van der Waals surface area contributed by atoms with Gasteiger partial charge < -0.3 is 14.5 Å². The number of amides is 1. The van der Waals surface area contributed by atoms with E-state index in [9.17, 15) is 4.79 Å². The number of nitrogens with zero attached hydrogens (tertiary/aromatic N) is 1. The summed E-state index contributed by atoms with van der Waals surface area (Å²) in [4.78, 5) is 16.5. The van der Waals surface area contributed by atoms with E-state index in [1.54, 1.807) is 6.26 Å². The summed E-state index contributed by atoms with van der Waals surface area (Å²) in [6, 6.07) is 7.71. The fraction of sp³-hybridized carbons (Fsp3) is 0.500. The molecular formula is C20H25ClN2O3. The summed E-state index contributed by atoms with van der Waals surface area (Å²) in [6.07, 6.45) is 5.00. The zero-order valence-corrected chi connectivity index (χ0v) is 16.2. The molecule has 3 rings (SSSR count). The Morgan fingerprint density at radius 1 is 1.19 bits per heavy atom. The molecule has 1 heterocycles. The van der Waals surface area contributed by atoms with Gasteiger partial charge in [0, 0.05) is 22.5 Å². The van der Waals surface area contributed by atoms with Crippen molar-refractivity contribution in [3.8, 4) is 11.3 Å². The van der Waals surface area contributed by atoms with Crippen LogP contribution in [0.3, 0.4) is 0 Å². The van der Waals surface area contributed by atoms with Crippen LogP contribution in [-0.4, -0.2) is 22.7 Å². The quantitative estimate of drug-likeness (QED) is 0.763. The van der Waals surface area contributed by atoms with Gasteiger partial charge in [-0.2, -0.15) is 0 Å². The molecule has 1 aromatic carbocycles.